The Labute approximate surface area is 231 Å². The van der Waals surface area contributed by atoms with E-state index in [1.807, 2.05) is 0 Å². The van der Waals surface area contributed by atoms with Gasteiger partial charge in [0.25, 0.3) is 0 Å². The number of ether oxygens (including phenoxy) is 2. The molecule has 0 radical (unpaired) electrons. The number of phenols is 2. The Morgan fingerprint density at radius 2 is 0.897 bits per heavy atom. The third-order valence-electron chi connectivity index (χ3n) is 5.57. The monoisotopic (exact) mass is 586 g/mol. The highest BCUT2D eigenvalue weighted by Gasteiger charge is 2.22. The molecule has 0 fully saturated rings. The van der Waals surface area contributed by atoms with Gasteiger partial charge in [-0.2, -0.15) is 11.8 Å². The lowest BCUT2D eigenvalue weighted by Crippen LogP contribution is -2.06. The minimum absolute atomic E-state index is 0.0618. The van der Waals surface area contributed by atoms with Crippen LogP contribution in [0.4, 0.5) is 0 Å². The van der Waals surface area contributed by atoms with E-state index in [4.69, 9.17) is 9.47 Å². The summed E-state index contributed by atoms with van der Waals surface area (Å²) in [6, 6.07) is 23.6. The molecule has 4 aromatic carbocycles. The Morgan fingerprint density at radius 3 is 1.26 bits per heavy atom. The number of hydrogen-bond acceptors (Lipinski definition) is 9. The van der Waals surface area contributed by atoms with Gasteiger partial charge in [0.2, 0.25) is 19.7 Å². The van der Waals surface area contributed by atoms with Crippen molar-refractivity contribution >= 4 is 31.4 Å². The van der Waals surface area contributed by atoms with E-state index >= 15 is 0 Å². The molecule has 0 atom stereocenters. The van der Waals surface area contributed by atoms with Crippen molar-refractivity contribution in [2.45, 2.75) is 19.6 Å². The Bertz CT molecular complexity index is 1490. The van der Waals surface area contributed by atoms with Gasteiger partial charge >= 0.3 is 0 Å². The van der Waals surface area contributed by atoms with Crippen molar-refractivity contribution in [1.82, 2.24) is 0 Å². The zero-order chi connectivity index (χ0) is 27.9. The van der Waals surface area contributed by atoms with Crippen LogP contribution >= 0.6 is 11.8 Å². The highest BCUT2D eigenvalue weighted by Crippen LogP contribution is 2.30. The quantitative estimate of drug-likeness (QED) is 0.222. The van der Waals surface area contributed by atoms with E-state index in [0.29, 0.717) is 36.2 Å². The summed E-state index contributed by atoms with van der Waals surface area (Å²) in [5, 5.41) is 19.7. The van der Waals surface area contributed by atoms with Crippen LogP contribution in [0.3, 0.4) is 0 Å². The zero-order valence-electron chi connectivity index (χ0n) is 20.6. The predicted octanol–water partition coefficient (Wildman–Crippen LogP) is 4.95. The summed E-state index contributed by atoms with van der Waals surface area (Å²) < 4.78 is 62.2. The average molecular weight is 587 g/mol. The van der Waals surface area contributed by atoms with E-state index in [2.05, 4.69) is 0 Å². The van der Waals surface area contributed by atoms with Crippen molar-refractivity contribution in [3.05, 3.63) is 97.1 Å². The number of para-hydroxylation sites is 2. The fraction of sp³-hybridized carbons (Fsp3) is 0.143. The molecular weight excluding hydrogens is 561 g/mol. The van der Waals surface area contributed by atoms with Crippen molar-refractivity contribution in [1.29, 1.82) is 0 Å². The smallest absolute Gasteiger partial charge is 0.210 e. The zero-order valence-corrected chi connectivity index (χ0v) is 23.1. The summed E-state index contributed by atoms with van der Waals surface area (Å²) in [7, 11) is -7.67. The molecule has 0 aliphatic heterocycles. The molecule has 39 heavy (non-hydrogen) atoms. The molecule has 0 saturated carbocycles. The molecule has 0 aliphatic carbocycles. The van der Waals surface area contributed by atoms with Gasteiger partial charge in [-0.15, -0.1) is 0 Å². The molecule has 11 heteroatoms. The van der Waals surface area contributed by atoms with Crippen molar-refractivity contribution in [3.8, 4) is 23.0 Å². The van der Waals surface area contributed by atoms with Gasteiger partial charge in [0.1, 0.15) is 32.8 Å². The van der Waals surface area contributed by atoms with E-state index < -0.39 is 19.7 Å². The van der Waals surface area contributed by atoms with E-state index in [1.165, 1.54) is 48.5 Å². The van der Waals surface area contributed by atoms with Gasteiger partial charge in [-0.05, 0) is 72.8 Å². The molecule has 0 amide bonds. The number of rotatable bonds is 12. The van der Waals surface area contributed by atoms with Crippen LogP contribution in [0.15, 0.2) is 117 Å². The van der Waals surface area contributed by atoms with Crippen LogP contribution in [0.5, 0.6) is 23.0 Å². The Balaban J connectivity index is 1.18. The van der Waals surface area contributed by atoms with Gasteiger partial charge in [-0.25, -0.2) is 16.8 Å². The fourth-order valence-electron chi connectivity index (χ4n) is 3.59. The SMILES string of the molecule is O=S(=O)(c1ccc(OCCSCCOc2ccc(S(=O)(=O)c3ccccc3O)cc2)cc1)c1ccccc1O. The van der Waals surface area contributed by atoms with Crippen molar-refractivity contribution in [2.75, 3.05) is 24.7 Å². The summed E-state index contributed by atoms with van der Waals surface area (Å²) in [6.07, 6.45) is 0. The second-order valence-corrected chi connectivity index (χ2v) is 13.3. The molecule has 4 aromatic rings. The highest BCUT2D eigenvalue weighted by molar-refractivity contribution is 7.99. The van der Waals surface area contributed by atoms with E-state index in [9.17, 15) is 27.0 Å². The van der Waals surface area contributed by atoms with E-state index in [1.54, 1.807) is 60.3 Å². The number of benzene rings is 4. The first kappa shape index (κ1) is 28.3. The maximum Gasteiger partial charge on any atom is 0.210 e. The lowest BCUT2D eigenvalue weighted by molar-refractivity contribution is 0.339. The van der Waals surface area contributed by atoms with Crippen LogP contribution in [0.1, 0.15) is 0 Å². The highest BCUT2D eigenvalue weighted by atomic mass is 32.2. The van der Waals surface area contributed by atoms with E-state index in [0.717, 1.165) is 0 Å². The summed E-state index contributed by atoms with van der Waals surface area (Å²) >= 11 is 1.61. The minimum Gasteiger partial charge on any atom is -0.507 e. The van der Waals surface area contributed by atoms with Gasteiger partial charge in [-0.1, -0.05) is 24.3 Å². The second-order valence-electron chi connectivity index (χ2n) is 8.19. The summed E-state index contributed by atoms with van der Waals surface area (Å²) in [5.74, 6) is 1.82. The largest absolute Gasteiger partial charge is 0.507 e. The third kappa shape index (κ3) is 6.86. The number of phenolic OH excluding ortho intramolecular Hbond substituents is 2. The van der Waals surface area contributed by atoms with Gasteiger partial charge in [0.15, 0.2) is 0 Å². The first-order valence-electron chi connectivity index (χ1n) is 11.8. The average Bonchev–Trinajstić information content (AvgIpc) is 2.93. The molecule has 2 N–H and O–H groups in total. The van der Waals surface area contributed by atoms with Crippen molar-refractivity contribution < 1.29 is 36.5 Å². The number of sulfone groups is 2. The second kappa shape index (κ2) is 12.5. The molecule has 0 heterocycles. The molecule has 4 rings (SSSR count). The number of thioether (sulfide) groups is 1. The molecular formula is C28H26O8S3. The predicted molar refractivity (Wildman–Crippen MR) is 148 cm³/mol. The Hall–Kier alpha value is -3.67. The molecule has 0 aliphatic rings. The van der Waals surface area contributed by atoms with Crippen LogP contribution < -0.4 is 9.47 Å². The van der Waals surface area contributed by atoms with Crippen molar-refractivity contribution in [3.63, 3.8) is 0 Å². The molecule has 204 valence electrons. The van der Waals surface area contributed by atoms with Crippen LogP contribution in [-0.2, 0) is 19.7 Å². The first-order chi connectivity index (χ1) is 18.7. The van der Waals surface area contributed by atoms with Crippen LogP contribution in [0.2, 0.25) is 0 Å². The minimum atomic E-state index is -3.83. The number of hydrogen-bond donors (Lipinski definition) is 2. The van der Waals surface area contributed by atoms with Crippen LogP contribution in [0.25, 0.3) is 0 Å². The first-order valence-corrected chi connectivity index (χ1v) is 15.9. The van der Waals surface area contributed by atoms with Gasteiger partial charge in [-0.3, -0.25) is 0 Å². The maximum absolute atomic E-state index is 12.7. The molecule has 0 bridgehead atoms. The van der Waals surface area contributed by atoms with Gasteiger partial charge in [0, 0.05) is 11.5 Å². The molecule has 0 unspecified atom stereocenters. The van der Waals surface area contributed by atoms with Gasteiger partial charge < -0.3 is 19.7 Å². The standard InChI is InChI=1S/C28H26O8S3/c29-25-5-1-3-7-27(25)38(31,32)23-13-9-21(10-14-23)35-17-19-37-20-18-36-22-11-15-24(16-12-22)39(33,34)28-8-4-2-6-26(28)30/h1-16,29-30H,17-20H2. The maximum atomic E-state index is 12.7. The molecule has 0 spiro atoms. The van der Waals surface area contributed by atoms with Gasteiger partial charge in [0.05, 0.1) is 23.0 Å². The summed E-state index contributed by atoms with van der Waals surface area (Å²) in [4.78, 5) is -0.171. The normalized spacial score (nSPS) is 11.7. The summed E-state index contributed by atoms with van der Waals surface area (Å²) in [6.45, 7) is 0.824. The number of aromatic hydroxyl groups is 2. The topological polar surface area (TPSA) is 127 Å². The lowest BCUT2D eigenvalue weighted by Gasteiger charge is -2.10. The molecule has 0 aromatic heterocycles. The molecule has 0 saturated heterocycles. The Kier molecular flexibility index (Phi) is 9.05. The molecule has 8 nitrogen and oxygen atoms in total. The third-order valence-corrected chi connectivity index (χ3v) is 10.1. The fourth-order valence-corrected chi connectivity index (χ4v) is 6.90. The lowest BCUT2D eigenvalue weighted by atomic mass is 10.3. The summed E-state index contributed by atoms with van der Waals surface area (Å²) in [5.41, 5.74) is 0. The van der Waals surface area contributed by atoms with E-state index in [-0.39, 0.29) is 31.1 Å². The van der Waals surface area contributed by atoms with Crippen LogP contribution in [0, 0.1) is 0 Å². The van der Waals surface area contributed by atoms with Crippen LogP contribution in [-0.4, -0.2) is 51.8 Å². The Morgan fingerprint density at radius 1 is 0.538 bits per heavy atom. The van der Waals surface area contributed by atoms with Crippen molar-refractivity contribution in [2.24, 2.45) is 0 Å².